The number of carboxylic acid groups (broad SMARTS) is 1. The number of carbonyl (C=O) groups is 3. The summed E-state index contributed by atoms with van der Waals surface area (Å²) >= 11 is 6.08. The van der Waals surface area contributed by atoms with Crippen LogP contribution in [0.5, 0.6) is 0 Å². The zero-order valence-electron chi connectivity index (χ0n) is 17.3. The van der Waals surface area contributed by atoms with Crippen LogP contribution in [-0.2, 0) is 16.0 Å². The first-order valence-corrected chi connectivity index (χ1v) is 10.7. The number of fused-ring (bicyclic) bond motifs is 1. The zero-order valence-corrected chi connectivity index (χ0v) is 18.0. The molecule has 1 atom stereocenters. The first-order valence-electron chi connectivity index (χ1n) is 10.4. The van der Waals surface area contributed by atoms with E-state index < -0.39 is 35.5 Å². The van der Waals surface area contributed by atoms with Gasteiger partial charge in [0.25, 0.3) is 0 Å². The second-order valence-corrected chi connectivity index (χ2v) is 8.74. The molecule has 174 valence electrons. The maximum absolute atomic E-state index is 12.7. The number of aromatic carboxylic acids is 1. The number of amides is 2. The summed E-state index contributed by atoms with van der Waals surface area (Å²) in [7, 11) is 0. The first-order chi connectivity index (χ1) is 15.5. The monoisotopic (exact) mass is 480 g/mol. The molecule has 0 aliphatic heterocycles. The number of hydrogen-bond donors (Lipinski definition) is 3. The van der Waals surface area contributed by atoms with Gasteiger partial charge < -0.3 is 15.7 Å². The SMILES string of the molecule is O=C(O)c1c(Cl)cccc1-c1ccc2c(c1)CCCC2NC(=O)C1(NC(=O)C(F)(F)F)CC1. The van der Waals surface area contributed by atoms with E-state index >= 15 is 0 Å². The van der Waals surface area contributed by atoms with Crippen molar-refractivity contribution < 1.29 is 32.7 Å². The molecular formula is C23H20ClF3N2O4. The minimum atomic E-state index is -5.06. The molecule has 6 nitrogen and oxygen atoms in total. The van der Waals surface area contributed by atoms with E-state index in [-0.39, 0.29) is 23.4 Å². The van der Waals surface area contributed by atoms with Gasteiger partial charge >= 0.3 is 18.1 Å². The summed E-state index contributed by atoms with van der Waals surface area (Å²) in [5.74, 6) is -3.90. The van der Waals surface area contributed by atoms with Crippen molar-refractivity contribution >= 4 is 29.4 Å². The Labute approximate surface area is 192 Å². The van der Waals surface area contributed by atoms with Crippen LogP contribution < -0.4 is 10.6 Å². The van der Waals surface area contributed by atoms with Crippen LogP contribution in [0, 0.1) is 0 Å². The van der Waals surface area contributed by atoms with E-state index in [0.717, 1.165) is 17.5 Å². The lowest BCUT2D eigenvalue weighted by Crippen LogP contribution is -2.53. The minimum Gasteiger partial charge on any atom is -0.478 e. The van der Waals surface area contributed by atoms with E-state index in [1.807, 2.05) is 11.4 Å². The molecule has 1 unspecified atom stereocenters. The van der Waals surface area contributed by atoms with Crippen LogP contribution >= 0.6 is 11.6 Å². The summed E-state index contributed by atoms with van der Waals surface area (Å²) in [6.45, 7) is 0. The van der Waals surface area contributed by atoms with Crippen LogP contribution in [0.15, 0.2) is 36.4 Å². The molecule has 0 spiro atoms. The molecule has 33 heavy (non-hydrogen) atoms. The average Bonchev–Trinajstić information content (AvgIpc) is 3.53. The zero-order chi connectivity index (χ0) is 24.0. The Morgan fingerprint density at radius 3 is 2.48 bits per heavy atom. The Bertz CT molecular complexity index is 1150. The molecule has 2 aromatic carbocycles. The molecule has 1 fully saturated rings. The summed E-state index contributed by atoms with van der Waals surface area (Å²) in [6.07, 6.45) is -2.74. The fourth-order valence-corrected chi connectivity index (χ4v) is 4.49. The molecular weight excluding hydrogens is 461 g/mol. The number of alkyl halides is 3. The van der Waals surface area contributed by atoms with Crippen molar-refractivity contribution in [1.82, 2.24) is 10.6 Å². The molecule has 0 radical (unpaired) electrons. The largest absolute Gasteiger partial charge is 0.478 e. The lowest BCUT2D eigenvalue weighted by atomic mass is 9.85. The smallest absolute Gasteiger partial charge is 0.471 e. The highest BCUT2D eigenvalue weighted by Crippen LogP contribution is 2.39. The van der Waals surface area contributed by atoms with Gasteiger partial charge in [-0.15, -0.1) is 0 Å². The van der Waals surface area contributed by atoms with E-state index in [1.165, 1.54) is 6.07 Å². The number of carboxylic acids is 1. The Morgan fingerprint density at radius 2 is 1.85 bits per heavy atom. The van der Waals surface area contributed by atoms with Gasteiger partial charge in [-0.05, 0) is 60.4 Å². The Balaban J connectivity index is 1.57. The molecule has 2 aliphatic rings. The van der Waals surface area contributed by atoms with Crippen LogP contribution in [0.3, 0.4) is 0 Å². The van der Waals surface area contributed by atoms with E-state index in [1.54, 1.807) is 24.3 Å². The lowest BCUT2D eigenvalue weighted by molar-refractivity contribution is -0.175. The maximum atomic E-state index is 12.7. The average molecular weight is 481 g/mol. The third kappa shape index (κ3) is 4.55. The molecule has 0 bridgehead atoms. The Hall–Kier alpha value is -3.07. The number of halogens is 4. The summed E-state index contributed by atoms with van der Waals surface area (Å²) in [5, 5.41) is 14.3. The van der Waals surface area contributed by atoms with Crippen molar-refractivity contribution in [2.24, 2.45) is 0 Å². The van der Waals surface area contributed by atoms with E-state index in [9.17, 15) is 32.7 Å². The lowest BCUT2D eigenvalue weighted by Gasteiger charge is -2.29. The van der Waals surface area contributed by atoms with Gasteiger partial charge in [0.1, 0.15) is 5.54 Å². The van der Waals surface area contributed by atoms with Crippen molar-refractivity contribution in [3.8, 4) is 11.1 Å². The standard InChI is InChI=1S/C23H20ClF3N2O4/c24-16-5-2-4-15(18(16)19(30)31)13-7-8-14-12(11-13)3-1-6-17(14)28-20(32)22(9-10-22)29-21(33)23(25,26)27/h2,4-5,7-8,11,17H,1,3,6,9-10H2,(H,28,32)(H,29,33)(H,30,31). The molecule has 0 saturated heterocycles. The van der Waals surface area contributed by atoms with Gasteiger partial charge in [-0.3, -0.25) is 9.59 Å². The molecule has 0 aromatic heterocycles. The predicted molar refractivity (Wildman–Crippen MR) is 114 cm³/mol. The number of benzene rings is 2. The molecule has 2 amide bonds. The van der Waals surface area contributed by atoms with Crippen molar-refractivity contribution in [3.05, 3.63) is 58.1 Å². The summed E-state index contributed by atoms with van der Waals surface area (Å²) in [6, 6.07) is 9.78. The van der Waals surface area contributed by atoms with E-state index in [4.69, 9.17) is 11.6 Å². The minimum absolute atomic E-state index is 0.00383. The second-order valence-electron chi connectivity index (χ2n) is 8.33. The number of nitrogens with one attached hydrogen (secondary N) is 2. The summed E-state index contributed by atoms with van der Waals surface area (Å²) in [4.78, 5) is 35.7. The van der Waals surface area contributed by atoms with Gasteiger partial charge in [-0.25, -0.2) is 4.79 Å². The molecule has 2 aromatic rings. The molecule has 1 saturated carbocycles. The maximum Gasteiger partial charge on any atom is 0.471 e. The van der Waals surface area contributed by atoms with Gasteiger partial charge in [0.2, 0.25) is 5.91 Å². The van der Waals surface area contributed by atoms with Gasteiger partial charge in [0, 0.05) is 0 Å². The van der Waals surface area contributed by atoms with E-state index in [0.29, 0.717) is 24.0 Å². The van der Waals surface area contributed by atoms with Gasteiger partial charge in [0.15, 0.2) is 0 Å². The highest BCUT2D eigenvalue weighted by Gasteiger charge is 2.55. The predicted octanol–water partition coefficient (Wildman–Crippen LogP) is 4.41. The van der Waals surface area contributed by atoms with Crippen molar-refractivity contribution in [2.45, 2.75) is 49.9 Å². The number of carbonyl (C=O) groups excluding carboxylic acids is 2. The van der Waals surface area contributed by atoms with Crippen LogP contribution in [0.2, 0.25) is 5.02 Å². The summed E-state index contributed by atoms with van der Waals surface area (Å²) < 4.78 is 37.9. The molecule has 3 N–H and O–H groups in total. The molecule has 4 rings (SSSR count). The Morgan fingerprint density at radius 1 is 1.12 bits per heavy atom. The normalized spacial score (nSPS) is 18.7. The highest BCUT2D eigenvalue weighted by molar-refractivity contribution is 6.34. The number of hydrogen-bond acceptors (Lipinski definition) is 3. The highest BCUT2D eigenvalue weighted by atomic mass is 35.5. The molecule has 2 aliphatic carbocycles. The summed E-state index contributed by atoms with van der Waals surface area (Å²) in [5.41, 5.74) is 1.32. The molecule has 0 heterocycles. The third-order valence-electron chi connectivity index (χ3n) is 6.10. The number of aryl methyl sites for hydroxylation is 1. The Kier molecular flexibility index (Phi) is 5.86. The van der Waals surface area contributed by atoms with Crippen molar-refractivity contribution in [1.29, 1.82) is 0 Å². The topological polar surface area (TPSA) is 95.5 Å². The van der Waals surface area contributed by atoms with Crippen LogP contribution in [0.1, 0.15) is 53.2 Å². The van der Waals surface area contributed by atoms with Gasteiger partial charge in [0.05, 0.1) is 16.6 Å². The molecule has 10 heteroatoms. The van der Waals surface area contributed by atoms with Crippen molar-refractivity contribution in [2.75, 3.05) is 0 Å². The second kappa shape index (κ2) is 8.37. The first kappa shape index (κ1) is 23.1. The third-order valence-corrected chi connectivity index (χ3v) is 6.41. The van der Waals surface area contributed by atoms with Gasteiger partial charge in [-0.1, -0.05) is 41.9 Å². The van der Waals surface area contributed by atoms with Crippen LogP contribution in [0.4, 0.5) is 13.2 Å². The van der Waals surface area contributed by atoms with E-state index in [2.05, 4.69) is 5.32 Å². The fraction of sp³-hybridized carbons (Fsp3) is 0.348. The number of rotatable bonds is 5. The van der Waals surface area contributed by atoms with Gasteiger partial charge in [-0.2, -0.15) is 13.2 Å². The quantitative estimate of drug-likeness (QED) is 0.590. The van der Waals surface area contributed by atoms with Crippen molar-refractivity contribution in [3.63, 3.8) is 0 Å². The van der Waals surface area contributed by atoms with Crippen LogP contribution in [0.25, 0.3) is 11.1 Å². The fourth-order valence-electron chi connectivity index (χ4n) is 4.23. The van der Waals surface area contributed by atoms with Crippen LogP contribution in [-0.4, -0.2) is 34.6 Å².